The van der Waals surface area contributed by atoms with E-state index in [2.05, 4.69) is 30.1 Å². The van der Waals surface area contributed by atoms with Crippen LogP contribution in [-0.2, 0) is 0 Å². The summed E-state index contributed by atoms with van der Waals surface area (Å²) in [6.45, 7) is 10.4. The molecule has 0 aliphatic heterocycles. The fraction of sp³-hybridized carbons (Fsp3) is 0.900. The Morgan fingerprint density at radius 3 is 2.54 bits per heavy atom. The summed E-state index contributed by atoms with van der Waals surface area (Å²) in [5.74, 6) is 0. The van der Waals surface area contributed by atoms with Gasteiger partial charge in [-0.2, -0.15) is 5.26 Å². The highest BCUT2D eigenvalue weighted by molar-refractivity contribution is 4.85. The van der Waals surface area contributed by atoms with Gasteiger partial charge in [0.25, 0.3) is 0 Å². The van der Waals surface area contributed by atoms with Crippen molar-refractivity contribution in [2.24, 2.45) is 0 Å². The molecule has 0 fully saturated rings. The zero-order valence-corrected chi connectivity index (χ0v) is 9.01. The molecule has 0 aromatic heterocycles. The number of hydrogen-bond acceptors (Lipinski definition) is 3. The highest BCUT2D eigenvalue weighted by Crippen LogP contribution is 1.89. The minimum absolute atomic E-state index is 0.0275. The van der Waals surface area contributed by atoms with Gasteiger partial charge in [0.2, 0.25) is 0 Å². The van der Waals surface area contributed by atoms with Crippen molar-refractivity contribution < 1.29 is 0 Å². The van der Waals surface area contributed by atoms with E-state index >= 15 is 0 Å². The molecule has 0 amide bonds. The van der Waals surface area contributed by atoms with Crippen LogP contribution in [-0.4, -0.2) is 37.1 Å². The van der Waals surface area contributed by atoms with E-state index in [1.54, 1.807) is 0 Å². The van der Waals surface area contributed by atoms with Crippen LogP contribution in [0.1, 0.15) is 27.2 Å². The summed E-state index contributed by atoms with van der Waals surface area (Å²) in [4.78, 5) is 2.39. The first-order valence-electron chi connectivity index (χ1n) is 5.09. The molecule has 0 spiro atoms. The van der Waals surface area contributed by atoms with Gasteiger partial charge in [-0.3, -0.25) is 0 Å². The molecule has 76 valence electrons. The van der Waals surface area contributed by atoms with Crippen LogP contribution in [0.15, 0.2) is 0 Å². The van der Waals surface area contributed by atoms with Crippen LogP contribution in [0.2, 0.25) is 0 Å². The summed E-state index contributed by atoms with van der Waals surface area (Å²) in [5.41, 5.74) is 0. The number of hydrogen-bond donors (Lipinski definition) is 1. The van der Waals surface area contributed by atoms with E-state index in [1.807, 2.05) is 6.92 Å². The summed E-state index contributed by atoms with van der Waals surface area (Å²) in [5, 5.41) is 11.7. The van der Waals surface area contributed by atoms with Crippen LogP contribution in [0.3, 0.4) is 0 Å². The third kappa shape index (κ3) is 6.56. The lowest BCUT2D eigenvalue weighted by atomic mass is 10.3. The number of nitrogens with zero attached hydrogens (tertiary/aromatic N) is 2. The fourth-order valence-electron chi connectivity index (χ4n) is 1.23. The van der Waals surface area contributed by atoms with Gasteiger partial charge in [0.05, 0.1) is 12.1 Å². The van der Waals surface area contributed by atoms with Crippen molar-refractivity contribution in [2.45, 2.75) is 33.2 Å². The predicted molar refractivity (Wildman–Crippen MR) is 55.5 cm³/mol. The van der Waals surface area contributed by atoms with Gasteiger partial charge in [0.15, 0.2) is 0 Å². The summed E-state index contributed by atoms with van der Waals surface area (Å²) in [7, 11) is 0. The lowest BCUT2D eigenvalue weighted by Crippen LogP contribution is -2.35. The highest BCUT2D eigenvalue weighted by atomic mass is 15.1. The molecule has 1 unspecified atom stereocenters. The molecule has 0 bridgehead atoms. The highest BCUT2D eigenvalue weighted by Gasteiger charge is 2.01. The quantitative estimate of drug-likeness (QED) is 0.645. The van der Waals surface area contributed by atoms with Gasteiger partial charge < -0.3 is 10.2 Å². The molecule has 3 heteroatoms. The van der Waals surface area contributed by atoms with Crippen molar-refractivity contribution in [3.05, 3.63) is 0 Å². The van der Waals surface area contributed by atoms with Gasteiger partial charge in [-0.05, 0) is 26.4 Å². The van der Waals surface area contributed by atoms with Crippen molar-refractivity contribution in [2.75, 3.05) is 26.2 Å². The lowest BCUT2D eigenvalue weighted by Gasteiger charge is -2.19. The van der Waals surface area contributed by atoms with Crippen molar-refractivity contribution in [1.29, 1.82) is 5.26 Å². The summed E-state index contributed by atoms with van der Waals surface area (Å²) >= 11 is 0. The minimum Gasteiger partial charge on any atom is -0.302 e. The van der Waals surface area contributed by atoms with Gasteiger partial charge in [-0.15, -0.1) is 0 Å². The number of likely N-dealkylation sites (N-methyl/N-ethyl adjacent to an activating group) is 1. The SMILES string of the molecule is CCCN(CC)CCNC(C)C#N. The molecule has 3 nitrogen and oxygen atoms in total. The van der Waals surface area contributed by atoms with Crippen molar-refractivity contribution in [3.8, 4) is 6.07 Å². The lowest BCUT2D eigenvalue weighted by molar-refractivity contribution is 0.286. The van der Waals surface area contributed by atoms with Crippen LogP contribution >= 0.6 is 0 Å². The maximum atomic E-state index is 8.53. The first-order chi connectivity index (χ1) is 6.24. The molecular weight excluding hydrogens is 162 g/mol. The molecule has 1 atom stereocenters. The first kappa shape index (κ1) is 12.4. The fourth-order valence-corrected chi connectivity index (χ4v) is 1.23. The molecule has 13 heavy (non-hydrogen) atoms. The predicted octanol–water partition coefficient (Wildman–Crippen LogP) is 1.22. The van der Waals surface area contributed by atoms with Crippen LogP contribution in [0.5, 0.6) is 0 Å². The van der Waals surface area contributed by atoms with Crippen LogP contribution in [0.25, 0.3) is 0 Å². The Balaban J connectivity index is 3.44. The largest absolute Gasteiger partial charge is 0.302 e. The molecule has 0 rings (SSSR count). The molecule has 0 radical (unpaired) electrons. The molecule has 0 aliphatic carbocycles. The first-order valence-corrected chi connectivity index (χ1v) is 5.09. The van der Waals surface area contributed by atoms with Gasteiger partial charge in [-0.1, -0.05) is 13.8 Å². The molecule has 0 aliphatic rings. The minimum atomic E-state index is -0.0275. The number of nitrogens with one attached hydrogen (secondary N) is 1. The second-order valence-corrected chi connectivity index (χ2v) is 3.24. The standard InChI is InChI=1S/C10H21N3/c1-4-7-13(5-2)8-6-12-10(3)9-11/h10,12H,4-8H2,1-3H3. The van der Waals surface area contributed by atoms with Crippen molar-refractivity contribution >= 4 is 0 Å². The van der Waals surface area contributed by atoms with Gasteiger partial charge >= 0.3 is 0 Å². The molecular formula is C10H21N3. The Labute approximate surface area is 81.7 Å². The Morgan fingerprint density at radius 1 is 1.38 bits per heavy atom. The monoisotopic (exact) mass is 183 g/mol. The molecule has 0 aromatic rings. The maximum Gasteiger partial charge on any atom is 0.0924 e. The third-order valence-corrected chi connectivity index (χ3v) is 2.06. The second kappa shape index (κ2) is 8.03. The second-order valence-electron chi connectivity index (χ2n) is 3.24. The van der Waals surface area contributed by atoms with E-state index in [-0.39, 0.29) is 6.04 Å². The normalized spacial score (nSPS) is 12.8. The van der Waals surface area contributed by atoms with Crippen LogP contribution in [0.4, 0.5) is 0 Å². The summed E-state index contributed by atoms with van der Waals surface area (Å²) in [6.07, 6.45) is 1.20. The van der Waals surface area contributed by atoms with E-state index in [0.29, 0.717) is 0 Å². The average Bonchev–Trinajstić information content (AvgIpc) is 2.16. The summed E-state index contributed by atoms with van der Waals surface area (Å²) in [6, 6.07) is 2.13. The molecule has 0 saturated heterocycles. The smallest absolute Gasteiger partial charge is 0.0924 e. The zero-order chi connectivity index (χ0) is 10.1. The molecule has 0 heterocycles. The van der Waals surface area contributed by atoms with Gasteiger partial charge in [-0.25, -0.2) is 0 Å². The van der Waals surface area contributed by atoms with E-state index < -0.39 is 0 Å². The average molecular weight is 183 g/mol. The zero-order valence-electron chi connectivity index (χ0n) is 9.01. The van der Waals surface area contributed by atoms with Gasteiger partial charge in [0.1, 0.15) is 0 Å². The van der Waals surface area contributed by atoms with E-state index in [4.69, 9.17) is 5.26 Å². The summed E-state index contributed by atoms with van der Waals surface area (Å²) < 4.78 is 0. The van der Waals surface area contributed by atoms with Crippen LogP contribution in [0, 0.1) is 11.3 Å². The van der Waals surface area contributed by atoms with E-state index in [0.717, 1.165) is 26.2 Å². The number of nitriles is 1. The van der Waals surface area contributed by atoms with E-state index in [9.17, 15) is 0 Å². The van der Waals surface area contributed by atoms with Gasteiger partial charge in [0, 0.05) is 13.1 Å². The molecule has 0 aromatic carbocycles. The molecule has 1 N–H and O–H groups in total. The maximum absolute atomic E-state index is 8.53. The molecule has 0 saturated carbocycles. The Morgan fingerprint density at radius 2 is 2.08 bits per heavy atom. The Hall–Kier alpha value is -0.590. The third-order valence-electron chi connectivity index (χ3n) is 2.06. The Bertz CT molecular complexity index is 151. The van der Waals surface area contributed by atoms with Crippen LogP contribution < -0.4 is 5.32 Å². The van der Waals surface area contributed by atoms with Crippen molar-refractivity contribution in [3.63, 3.8) is 0 Å². The topological polar surface area (TPSA) is 39.1 Å². The Kier molecular flexibility index (Phi) is 7.66. The van der Waals surface area contributed by atoms with E-state index in [1.165, 1.54) is 6.42 Å². The van der Waals surface area contributed by atoms with Crippen molar-refractivity contribution in [1.82, 2.24) is 10.2 Å². The number of rotatable bonds is 7.